The number of anilines is 1. The van der Waals surface area contributed by atoms with Gasteiger partial charge in [-0.05, 0) is 42.3 Å². The third kappa shape index (κ3) is 9.38. The monoisotopic (exact) mass is 768 g/mol. The van der Waals surface area contributed by atoms with E-state index in [1.807, 2.05) is 11.6 Å². The summed E-state index contributed by atoms with van der Waals surface area (Å²) >= 11 is 6.10. The first kappa shape index (κ1) is 40.1. The van der Waals surface area contributed by atoms with Crippen molar-refractivity contribution in [2.45, 2.75) is 63.5 Å². The van der Waals surface area contributed by atoms with Crippen molar-refractivity contribution in [3.8, 4) is 17.4 Å². The fourth-order valence-corrected chi connectivity index (χ4v) is 6.37. The summed E-state index contributed by atoms with van der Waals surface area (Å²) in [5.74, 6) is -3.67. The molecule has 0 saturated heterocycles. The quantitative estimate of drug-likeness (QED) is 0.194. The number of hydrogen-bond acceptors (Lipinski definition) is 12. The molecule has 0 aliphatic heterocycles. The third-order valence-corrected chi connectivity index (χ3v) is 9.34. The average Bonchev–Trinajstić information content (AvgIpc) is 3.53. The molecule has 1 saturated carbocycles. The Bertz CT molecular complexity index is 1970. The molecule has 16 nitrogen and oxygen atoms in total. The highest BCUT2D eigenvalue weighted by Gasteiger charge is 2.30. The molecule has 1 aliphatic rings. The number of methoxy groups -OCH3 is 3. The molecule has 282 valence electrons. The second-order valence-corrected chi connectivity index (χ2v) is 13.4. The summed E-state index contributed by atoms with van der Waals surface area (Å²) in [6.45, 7) is 2.36. The first-order valence-electron chi connectivity index (χ1n) is 16.0. The maximum absolute atomic E-state index is 12.9. The number of carbonyl (C=O) groups excluding carboxylic acids is 1. The number of aliphatic hydroxyl groups excluding tert-OH is 1. The van der Waals surface area contributed by atoms with Crippen molar-refractivity contribution < 1.29 is 41.3 Å². The Morgan fingerprint density at radius 2 is 1.69 bits per heavy atom. The summed E-state index contributed by atoms with van der Waals surface area (Å²) in [5, 5.41) is 18.7. The van der Waals surface area contributed by atoms with E-state index in [9.17, 15) is 31.9 Å². The summed E-state index contributed by atoms with van der Waals surface area (Å²) < 4.78 is 67.9. The van der Waals surface area contributed by atoms with Gasteiger partial charge in [-0.1, -0.05) is 61.2 Å². The molecule has 2 aromatic heterocycles. The lowest BCUT2D eigenvalue weighted by molar-refractivity contribution is 0.157. The van der Waals surface area contributed by atoms with E-state index in [1.165, 1.54) is 52.0 Å². The number of alkyl halides is 2. The predicted molar refractivity (Wildman–Crippen MR) is 186 cm³/mol. The van der Waals surface area contributed by atoms with E-state index < -0.39 is 33.6 Å². The molecule has 1 unspecified atom stereocenters. The number of rotatable bonds is 12. The molecular formula is C32H39ClF2N8O8S. The number of nitrogens with one attached hydrogen (secondary N) is 1. The van der Waals surface area contributed by atoms with Gasteiger partial charge in [-0.2, -0.15) is 23.4 Å². The van der Waals surface area contributed by atoms with Crippen molar-refractivity contribution in [1.82, 2.24) is 34.7 Å². The molecule has 1 atom stereocenters. The zero-order valence-corrected chi connectivity index (χ0v) is 30.4. The lowest BCUT2D eigenvalue weighted by atomic mass is 9.94. The lowest BCUT2D eigenvalue weighted by Gasteiger charge is -2.32. The molecule has 1 aliphatic carbocycles. The summed E-state index contributed by atoms with van der Waals surface area (Å²) in [6, 6.07) is 12.3. The van der Waals surface area contributed by atoms with Crippen LogP contribution >= 0.6 is 11.6 Å². The predicted octanol–water partition coefficient (Wildman–Crippen LogP) is 4.39. The number of hydrogen-bond donors (Lipinski definition) is 2. The minimum absolute atomic E-state index is 0.0471. The number of carbonyl (C=O) groups is 1. The van der Waals surface area contributed by atoms with Gasteiger partial charge in [0, 0.05) is 30.8 Å². The Balaban J connectivity index is 0.000000235. The number of ether oxygens (including phenoxy) is 3. The van der Waals surface area contributed by atoms with Crippen LogP contribution in [-0.2, 0) is 21.4 Å². The number of sulfonamides is 1. The number of benzene rings is 2. The molecule has 2 aromatic carbocycles. The number of halogens is 3. The van der Waals surface area contributed by atoms with Crippen LogP contribution in [0.1, 0.15) is 62.1 Å². The molecule has 0 bridgehead atoms. The zero-order chi connectivity index (χ0) is 38.0. The first-order chi connectivity index (χ1) is 24.9. The molecule has 0 spiro atoms. The summed E-state index contributed by atoms with van der Waals surface area (Å²) in [5.41, 5.74) is -0.263. The molecule has 52 heavy (non-hydrogen) atoms. The van der Waals surface area contributed by atoms with Crippen LogP contribution in [0.15, 0.2) is 53.3 Å². The van der Waals surface area contributed by atoms with Crippen molar-refractivity contribution in [1.29, 1.82) is 0 Å². The van der Waals surface area contributed by atoms with Gasteiger partial charge in [0.05, 0.1) is 43.3 Å². The minimum atomic E-state index is -5.00. The summed E-state index contributed by atoms with van der Waals surface area (Å²) in [6.07, 6.45) is 3.77. The van der Waals surface area contributed by atoms with Crippen molar-refractivity contribution in [2.75, 3.05) is 32.6 Å². The number of amides is 1. The Hall–Kier alpha value is -4.72. The lowest BCUT2D eigenvalue weighted by Crippen LogP contribution is -2.46. The smallest absolute Gasteiger partial charge is 0.377 e. The van der Waals surface area contributed by atoms with Gasteiger partial charge in [-0.3, -0.25) is 4.72 Å². The van der Waals surface area contributed by atoms with Crippen molar-refractivity contribution in [3.05, 3.63) is 81.0 Å². The van der Waals surface area contributed by atoms with Crippen LogP contribution in [0.25, 0.3) is 5.69 Å². The molecular weight excluding hydrogens is 730 g/mol. The third-order valence-electron chi connectivity index (χ3n) is 8.06. The van der Waals surface area contributed by atoms with Gasteiger partial charge in [-0.15, -0.1) is 4.68 Å². The number of tetrazole rings is 1. The van der Waals surface area contributed by atoms with E-state index in [2.05, 4.69) is 20.4 Å². The second-order valence-electron chi connectivity index (χ2n) is 11.3. The highest BCUT2D eigenvalue weighted by atomic mass is 35.5. The Morgan fingerprint density at radius 1 is 1.04 bits per heavy atom. The molecule has 2 heterocycles. The molecule has 0 radical (unpaired) electrons. The average molecular weight is 769 g/mol. The van der Waals surface area contributed by atoms with Crippen LogP contribution in [0.2, 0.25) is 5.02 Å². The highest BCUT2D eigenvalue weighted by molar-refractivity contribution is 7.93. The Morgan fingerprint density at radius 3 is 2.27 bits per heavy atom. The van der Waals surface area contributed by atoms with Gasteiger partial charge in [0.25, 0.3) is 10.0 Å². The maximum Gasteiger partial charge on any atom is 0.377 e. The molecule has 1 amide bonds. The van der Waals surface area contributed by atoms with Crippen LogP contribution in [0, 0.1) is 0 Å². The van der Waals surface area contributed by atoms with Gasteiger partial charge < -0.3 is 24.2 Å². The molecule has 4 aromatic rings. The van der Waals surface area contributed by atoms with E-state index in [0.717, 1.165) is 35.0 Å². The van der Waals surface area contributed by atoms with Crippen molar-refractivity contribution in [3.63, 3.8) is 0 Å². The largest absolute Gasteiger partial charge is 0.481 e. The van der Waals surface area contributed by atoms with Gasteiger partial charge in [0.1, 0.15) is 6.10 Å². The van der Waals surface area contributed by atoms with E-state index in [-0.39, 0.29) is 47.0 Å². The van der Waals surface area contributed by atoms with Crippen LogP contribution in [0.3, 0.4) is 0 Å². The van der Waals surface area contributed by atoms with Gasteiger partial charge in [0.15, 0.2) is 5.82 Å². The topological polar surface area (TPSA) is 193 Å². The van der Waals surface area contributed by atoms with Gasteiger partial charge in [0.2, 0.25) is 11.8 Å². The van der Waals surface area contributed by atoms with Crippen LogP contribution in [-0.4, -0.2) is 93.9 Å². The van der Waals surface area contributed by atoms with Gasteiger partial charge in [-0.25, -0.2) is 18.0 Å². The van der Waals surface area contributed by atoms with E-state index >= 15 is 0 Å². The summed E-state index contributed by atoms with van der Waals surface area (Å²) in [7, 11) is -0.951. The normalized spacial score (nSPS) is 13.9. The number of nitrogens with zero attached hydrogens (tertiary/aromatic N) is 7. The number of aromatic nitrogens is 6. The van der Waals surface area contributed by atoms with Crippen molar-refractivity contribution >= 4 is 33.3 Å². The van der Waals surface area contributed by atoms with E-state index in [4.69, 9.17) is 25.8 Å². The Labute approximate surface area is 303 Å². The van der Waals surface area contributed by atoms with Crippen LogP contribution in [0.5, 0.6) is 11.8 Å². The van der Waals surface area contributed by atoms with Crippen molar-refractivity contribution in [2.24, 2.45) is 0 Å². The molecule has 5 rings (SSSR count). The maximum atomic E-state index is 12.9. The fraction of sp³-hybridized carbons (Fsp3) is 0.438. The molecule has 20 heteroatoms. The molecule has 2 N–H and O–H groups in total. The van der Waals surface area contributed by atoms with E-state index in [1.54, 1.807) is 29.2 Å². The number of aliphatic hydroxyl groups is 1. The highest BCUT2D eigenvalue weighted by Crippen LogP contribution is 2.33. The SMILES string of the molecule is CCN(C(=O)n1nnn(-c2ccccc2Cl)c1=O)C1CCCCC1.COCc1cccc(C(O)c2nc(OC)cc(OC)n2)c1NS(=O)(=O)C(F)F. The first-order valence-corrected chi connectivity index (χ1v) is 18.0. The summed E-state index contributed by atoms with van der Waals surface area (Å²) in [4.78, 5) is 35.1. The minimum Gasteiger partial charge on any atom is -0.481 e. The molecule has 1 fully saturated rings. The number of para-hydroxylation sites is 2. The fourth-order valence-electron chi connectivity index (χ4n) is 5.53. The van der Waals surface area contributed by atoms with Crippen LogP contribution in [0.4, 0.5) is 19.3 Å². The zero-order valence-electron chi connectivity index (χ0n) is 28.8. The van der Waals surface area contributed by atoms with E-state index in [0.29, 0.717) is 17.3 Å². The van der Waals surface area contributed by atoms with Gasteiger partial charge >= 0.3 is 17.5 Å². The standard InChI is InChI=1S/C16H20ClN5O2.C16H19F2N3O6S/c1-2-20(12-8-4-3-5-9-12)15(23)22-16(24)21(18-19-22)14-11-7-6-10-13(14)17;1-25-8-9-5-4-6-10(13(9)21-28(23,24)16(17)18)14(22)15-19-11(26-2)7-12(20-15)27-3/h6-7,10-12H,2-5,8-9H2,1H3;4-7,14,16,21-22H,8H2,1-3H3. The van der Waals surface area contributed by atoms with Crippen LogP contribution < -0.4 is 19.9 Å². The second kappa shape index (κ2) is 18.2. The Kier molecular flexibility index (Phi) is 14.0.